The topological polar surface area (TPSA) is 84.5 Å². The number of halogens is 1. The standard InChI is InChI=1S/C24H21ClN2O4/c1-31-19-6-4-5-18(15-19)26-24(30)20-7-2-3-8-21(20)27-23(29)14-13-22(28)16-9-11-17(25)12-10-16/h2-12,15H,13-14H2,1H3,(H,26,30)(H,27,29). The van der Waals surface area contributed by atoms with E-state index in [2.05, 4.69) is 10.6 Å². The highest BCUT2D eigenvalue weighted by Crippen LogP contribution is 2.21. The summed E-state index contributed by atoms with van der Waals surface area (Å²) >= 11 is 5.83. The molecule has 0 saturated heterocycles. The van der Waals surface area contributed by atoms with Gasteiger partial charge in [0.25, 0.3) is 5.91 Å². The summed E-state index contributed by atoms with van der Waals surface area (Å²) < 4.78 is 5.16. The van der Waals surface area contributed by atoms with E-state index in [4.69, 9.17) is 16.3 Å². The first kappa shape index (κ1) is 22.1. The molecule has 0 saturated carbocycles. The predicted molar refractivity (Wildman–Crippen MR) is 121 cm³/mol. The number of amides is 2. The summed E-state index contributed by atoms with van der Waals surface area (Å²) in [6.45, 7) is 0. The number of rotatable bonds is 8. The van der Waals surface area contributed by atoms with Crippen molar-refractivity contribution in [3.05, 3.63) is 88.9 Å². The number of hydrogen-bond donors (Lipinski definition) is 2. The van der Waals surface area contributed by atoms with Gasteiger partial charge in [0.05, 0.1) is 18.4 Å². The molecule has 158 valence electrons. The van der Waals surface area contributed by atoms with E-state index >= 15 is 0 Å². The lowest BCUT2D eigenvalue weighted by Gasteiger charge is -2.12. The van der Waals surface area contributed by atoms with Gasteiger partial charge in [-0.15, -0.1) is 0 Å². The molecule has 7 heteroatoms. The van der Waals surface area contributed by atoms with Crippen LogP contribution < -0.4 is 15.4 Å². The molecule has 0 fully saturated rings. The zero-order chi connectivity index (χ0) is 22.2. The van der Waals surface area contributed by atoms with Gasteiger partial charge in [0.1, 0.15) is 5.75 Å². The van der Waals surface area contributed by atoms with Crippen molar-refractivity contribution in [2.45, 2.75) is 12.8 Å². The van der Waals surface area contributed by atoms with Gasteiger partial charge in [0.2, 0.25) is 5.91 Å². The fourth-order valence-electron chi connectivity index (χ4n) is 2.91. The van der Waals surface area contributed by atoms with Gasteiger partial charge >= 0.3 is 0 Å². The smallest absolute Gasteiger partial charge is 0.257 e. The van der Waals surface area contributed by atoms with Gasteiger partial charge in [0, 0.05) is 35.2 Å². The Morgan fingerprint density at radius 1 is 0.871 bits per heavy atom. The first-order chi connectivity index (χ1) is 15.0. The molecule has 0 unspecified atom stereocenters. The van der Waals surface area contributed by atoms with Crippen LogP contribution in [0, 0.1) is 0 Å². The van der Waals surface area contributed by atoms with Crippen molar-refractivity contribution in [3.8, 4) is 5.75 Å². The summed E-state index contributed by atoms with van der Waals surface area (Å²) in [4.78, 5) is 37.4. The van der Waals surface area contributed by atoms with Gasteiger partial charge in [-0.2, -0.15) is 0 Å². The molecule has 0 aromatic heterocycles. The van der Waals surface area contributed by atoms with Crippen molar-refractivity contribution in [1.29, 1.82) is 0 Å². The van der Waals surface area contributed by atoms with E-state index in [-0.39, 0.29) is 30.4 Å². The second kappa shape index (κ2) is 10.4. The number of benzene rings is 3. The van der Waals surface area contributed by atoms with E-state index in [0.29, 0.717) is 33.3 Å². The minimum Gasteiger partial charge on any atom is -0.497 e. The molecule has 0 spiro atoms. The highest BCUT2D eigenvalue weighted by molar-refractivity contribution is 6.30. The third-order valence-corrected chi connectivity index (χ3v) is 4.77. The van der Waals surface area contributed by atoms with Crippen LogP contribution in [0.2, 0.25) is 5.02 Å². The number of Topliss-reactive ketones (excluding diaryl/α,β-unsaturated/α-hetero) is 1. The van der Waals surface area contributed by atoms with E-state index in [1.165, 1.54) is 0 Å². The third-order valence-electron chi connectivity index (χ3n) is 4.52. The molecule has 3 aromatic carbocycles. The highest BCUT2D eigenvalue weighted by atomic mass is 35.5. The first-order valence-corrected chi connectivity index (χ1v) is 9.97. The second-order valence-corrected chi connectivity index (χ2v) is 7.15. The molecule has 31 heavy (non-hydrogen) atoms. The third kappa shape index (κ3) is 6.17. The number of anilines is 2. The summed E-state index contributed by atoms with van der Waals surface area (Å²) in [5.41, 5.74) is 1.74. The molecule has 2 amide bonds. The molecule has 0 heterocycles. The van der Waals surface area contributed by atoms with Gasteiger partial charge in [-0.3, -0.25) is 14.4 Å². The summed E-state index contributed by atoms with van der Waals surface area (Å²) in [7, 11) is 1.55. The zero-order valence-corrected chi connectivity index (χ0v) is 17.6. The number of methoxy groups -OCH3 is 1. The monoisotopic (exact) mass is 436 g/mol. The fraction of sp³-hybridized carbons (Fsp3) is 0.125. The average molecular weight is 437 g/mol. The molecule has 3 rings (SSSR count). The molecule has 0 aliphatic heterocycles. The molecule has 0 atom stereocenters. The number of carbonyl (C=O) groups excluding carboxylic acids is 3. The molecular weight excluding hydrogens is 416 g/mol. The average Bonchev–Trinajstić information content (AvgIpc) is 2.78. The summed E-state index contributed by atoms with van der Waals surface area (Å²) in [5.74, 6) is -0.272. The van der Waals surface area contributed by atoms with Crippen molar-refractivity contribution in [2.24, 2.45) is 0 Å². The van der Waals surface area contributed by atoms with Crippen LogP contribution in [0.1, 0.15) is 33.6 Å². The van der Waals surface area contributed by atoms with Gasteiger partial charge in [-0.1, -0.05) is 29.8 Å². The maximum atomic E-state index is 12.7. The molecule has 0 aliphatic carbocycles. The molecule has 6 nitrogen and oxygen atoms in total. The Morgan fingerprint density at radius 3 is 2.35 bits per heavy atom. The summed E-state index contributed by atoms with van der Waals surface area (Å²) in [6, 6.07) is 20.2. The Labute approximate surface area is 185 Å². The minimum absolute atomic E-state index is 0.00665. The van der Waals surface area contributed by atoms with Crippen LogP contribution in [0.25, 0.3) is 0 Å². The van der Waals surface area contributed by atoms with Crippen LogP contribution in [0.15, 0.2) is 72.8 Å². The van der Waals surface area contributed by atoms with E-state index < -0.39 is 0 Å². The van der Waals surface area contributed by atoms with Gasteiger partial charge in [0.15, 0.2) is 5.78 Å². The number of hydrogen-bond acceptors (Lipinski definition) is 4. The largest absolute Gasteiger partial charge is 0.497 e. The predicted octanol–water partition coefficient (Wildman–Crippen LogP) is 5.20. The number of nitrogens with one attached hydrogen (secondary N) is 2. The van der Waals surface area contributed by atoms with E-state index in [1.54, 1.807) is 79.9 Å². The zero-order valence-electron chi connectivity index (χ0n) is 16.9. The highest BCUT2D eigenvalue weighted by Gasteiger charge is 2.15. The molecule has 0 bridgehead atoms. The number of ketones is 1. The van der Waals surface area contributed by atoms with Crippen LogP contribution in [0.5, 0.6) is 5.75 Å². The maximum absolute atomic E-state index is 12.7. The Hall–Kier alpha value is -3.64. The fourth-order valence-corrected chi connectivity index (χ4v) is 3.04. The van der Waals surface area contributed by atoms with Gasteiger partial charge in [-0.25, -0.2) is 0 Å². The van der Waals surface area contributed by atoms with Gasteiger partial charge in [-0.05, 0) is 48.5 Å². The van der Waals surface area contributed by atoms with Crippen LogP contribution in [-0.4, -0.2) is 24.7 Å². The summed E-state index contributed by atoms with van der Waals surface area (Å²) in [6.07, 6.45) is 0.0406. The Morgan fingerprint density at radius 2 is 1.61 bits per heavy atom. The van der Waals surface area contributed by atoms with Crippen molar-refractivity contribution in [2.75, 3.05) is 17.7 Å². The quantitative estimate of drug-likeness (QED) is 0.475. The lowest BCUT2D eigenvalue weighted by molar-refractivity contribution is -0.116. The number of carbonyl (C=O) groups is 3. The van der Waals surface area contributed by atoms with Crippen LogP contribution in [0.4, 0.5) is 11.4 Å². The molecule has 3 aromatic rings. The van der Waals surface area contributed by atoms with Crippen LogP contribution in [-0.2, 0) is 4.79 Å². The first-order valence-electron chi connectivity index (χ1n) is 9.59. The Kier molecular flexibility index (Phi) is 7.40. The lowest BCUT2D eigenvalue weighted by Crippen LogP contribution is -2.18. The van der Waals surface area contributed by atoms with Crippen molar-refractivity contribution in [1.82, 2.24) is 0 Å². The molecule has 2 N–H and O–H groups in total. The molecular formula is C24H21ClN2O4. The molecule has 0 aliphatic rings. The minimum atomic E-state index is -0.374. The Balaban J connectivity index is 1.62. The van der Waals surface area contributed by atoms with Gasteiger partial charge < -0.3 is 15.4 Å². The normalized spacial score (nSPS) is 10.3. The van der Waals surface area contributed by atoms with Crippen molar-refractivity contribution >= 4 is 40.6 Å². The number of ether oxygens (including phenoxy) is 1. The maximum Gasteiger partial charge on any atom is 0.257 e. The number of para-hydroxylation sites is 1. The van der Waals surface area contributed by atoms with Crippen molar-refractivity contribution < 1.29 is 19.1 Å². The van der Waals surface area contributed by atoms with E-state index in [9.17, 15) is 14.4 Å². The Bertz CT molecular complexity index is 1100. The van der Waals surface area contributed by atoms with Crippen LogP contribution >= 0.6 is 11.6 Å². The van der Waals surface area contributed by atoms with E-state index in [1.807, 2.05) is 0 Å². The molecule has 0 radical (unpaired) electrons. The lowest BCUT2D eigenvalue weighted by atomic mass is 10.1. The van der Waals surface area contributed by atoms with Crippen LogP contribution in [0.3, 0.4) is 0 Å². The van der Waals surface area contributed by atoms with E-state index in [0.717, 1.165) is 0 Å². The van der Waals surface area contributed by atoms with Crippen molar-refractivity contribution in [3.63, 3.8) is 0 Å². The SMILES string of the molecule is COc1cccc(NC(=O)c2ccccc2NC(=O)CCC(=O)c2ccc(Cl)cc2)c1. The summed E-state index contributed by atoms with van der Waals surface area (Å²) in [5, 5.41) is 6.05. The second-order valence-electron chi connectivity index (χ2n) is 6.71.